The Labute approximate surface area is 127 Å². The van der Waals surface area contributed by atoms with E-state index in [1.165, 1.54) is 4.88 Å². The van der Waals surface area contributed by atoms with Gasteiger partial charge in [-0.1, -0.05) is 18.2 Å². The van der Waals surface area contributed by atoms with Crippen LogP contribution in [0.1, 0.15) is 28.1 Å². The van der Waals surface area contributed by atoms with Crippen molar-refractivity contribution in [3.63, 3.8) is 0 Å². The molecule has 0 spiro atoms. The van der Waals surface area contributed by atoms with Crippen molar-refractivity contribution in [3.8, 4) is 0 Å². The highest BCUT2D eigenvalue weighted by molar-refractivity contribution is 7.09. The number of hydrogen-bond acceptors (Lipinski definition) is 2. The van der Waals surface area contributed by atoms with Crippen molar-refractivity contribution in [2.24, 2.45) is 0 Å². The lowest BCUT2D eigenvalue weighted by Crippen LogP contribution is -2.32. The van der Waals surface area contributed by atoms with Gasteiger partial charge < -0.3 is 9.88 Å². The van der Waals surface area contributed by atoms with Crippen molar-refractivity contribution in [1.29, 1.82) is 0 Å². The second kappa shape index (κ2) is 5.04. The van der Waals surface area contributed by atoms with Crippen LogP contribution in [0.2, 0.25) is 0 Å². The minimum absolute atomic E-state index is 0.138. The van der Waals surface area contributed by atoms with Gasteiger partial charge in [-0.15, -0.1) is 11.3 Å². The van der Waals surface area contributed by atoms with E-state index in [2.05, 4.69) is 16.4 Å². The minimum Gasteiger partial charge on any atom is -0.361 e. The van der Waals surface area contributed by atoms with E-state index in [1.54, 1.807) is 11.3 Å². The molecule has 0 radical (unpaired) electrons. The smallest absolute Gasteiger partial charge is 0.256 e. The van der Waals surface area contributed by atoms with Gasteiger partial charge in [-0.3, -0.25) is 4.79 Å². The lowest BCUT2D eigenvalue weighted by Gasteiger charge is -2.22. The van der Waals surface area contributed by atoms with Gasteiger partial charge in [-0.25, -0.2) is 0 Å². The molecule has 4 heteroatoms. The molecule has 2 heterocycles. The molecule has 0 aliphatic heterocycles. The molecule has 4 rings (SSSR count). The van der Waals surface area contributed by atoms with Gasteiger partial charge in [0.1, 0.15) is 0 Å². The van der Waals surface area contributed by atoms with Crippen LogP contribution in [-0.4, -0.2) is 21.8 Å². The number of fused-ring (bicyclic) bond motifs is 1. The third kappa shape index (κ3) is 2.36. The van der Waals surface area contributed by atoms with Gasteiger partial charge in [0.2, 0.25) is 0 Å². The van der Waals surface area contributed by atoms with Gasteiger partial charge in [0, 0.05) is 22.5 Å². The molecule has 1 aliphatic carbocycles. The molecule has 3 nitrogen and oxygen atoms in total. The second-order valence-electron chi connectivity index (χ2n) is 5.49. The van der Waals surface area contributed by atoms with E-state index in [4.69, 9.17) is 0 Å². The number of nitrogens with zero attached hydrogens (tertiary/aromatic N) is 1. The van der Waals surface area contributed by atoms with Crippen LogP contribution in [0.3, 0.4) is 0 Å². The molecule has 1 saturated carbocycles. The molecular weight excluding hydrogens is 280 g/mol. The zero-order chi connectivity index (χ0) is 14.2. The first-order valence-electron chi connectivity index (χ1n) is 7.22. The Morgan fingerprint density at radius 1 is 1.24 bits per heavy atom. The standard InChI is InChI=1S/C17H16N2OS/c20-17(15-5-1-3-12-8-9-18-16(12)15)19(13-6-7-13)11-14-4-2-10-21-14/h1-5,8-10,13,18H,6-7,11H2. The maximum absolute atomic E-state index is 13.0. The van der Waals surface area contributed by atoms with E-state index in [-0.39, 0.29) is 5.91 Å². The van der Waals surface area contributed by atoms with Gasteiger partial charge in [0.25, 0.3) is 5.91 Å². The lowest BCUT2D eigenvalue weighted by molar-refractivity contribution is 0.0733. The van der Waals surface area contributed by atoms with Gasteiger partial charge in [0.05, 0.1) is 17.6 Å². The topological polar surface area (TPSA) is 36.1 Å². The Morgan fingerprint density at radius 3 is 2.90 bits per heavy atom. The molecule has 0 bridgehead atoms. The van der Waals surface area contributed by atoms with E-state index < -0.39 is 0 Å². The monoisotopic (exact) mass is 296 g/mol. The Hall–Kier alpha value is -2.07. The summed E-state index contributed by atoms with van der Waals surface area (Å²) in [6, 6.07) is 12.5. The zero-order valence-corrected chi connectivity index (χ0v) is 12.4. The zero-order valence-electron chi connectivity index (χ0n) is 11.6. The molecule has 1 aliphatic rings. The Bertz CT molecular complexity index is 771. The summed E-state index contributed by atoms with van der Waals surface area (Å²) in [5.41, 5.74) is 1.72. The average molecular weight is 296 g/mol. The number of amides is 1. The number of aromatic amines is 1. The summed E-state index contributed by atoms with van der Waals surface area (Å²) in [6.07, 6.45) is 4.14. The van der Waals surface area contributed by atoms with Crippen LogP contribution in [-0.2, 0) is 6.54 Å². The molecule has 1 aromatic carbocycles. The number of para-hydroxylation sites is 1. The number of carbonyl (C=O) groups is 1. The molecule has 2 aromatic heterocycles. The number of thiophene rings is 1. The maximum Gasteiger partial charge on any atom is 0.256 e. The third-order valence-corrected chi connectivity index (χ3v) is 4.83. The van der Waals surface area contributed by atoms with Crippen molar-refractivity contribution >= 4 is 28.1 Å². The highest BCUT2D eigenvalue weighted by Crippen LogP contribution is 2.31. The maximum atomic E-state index is 13.0. The van der Waals surface area contributed by atoms with Crippen molar-refractivity contribution in [2.75, 3.05) is 0 Å². The quantitative estimate of drug-likeness (QED) is 0.775. The number of hydrogen-bond donors (Lipinski definition) is 1. The predicted octanol–water partition coefficient (Wildman–Crippen LogP) is 4.03. The van der Waals surface area contributed by atoms with Crippen LogP contribution in [0.25, 0.3) is 10.9 Å². The minimum atomic E-state index is 0.138. The largest absolute Gasteiger partial charge is 0.361 e. The molecule has 1 fully saturated rings. The normalized spacial score (nSPS) is 14.5. The molecule has 3 aromatic rings. The van der Waals surface area contributed by atoms with Crippen LogP contribution < -0.4 is 0 Å². The van der Waals surface area contributed by atoms with Crippen molar-refractivity contribution < 1.29 is 4.79 Å². The Balaban J connectivity index is 1.69. The summed E-state index contributed by atoms with van der Waals surface area (Å²) in [7, 11) is 0. The van der Waals surface area contributed by atoms with E-state index >= 15 is 0 Å². The van der Waals surface area contributed by atoms with Crippen molar-refractivity contribution in [1.82, 2.24) is 9.88 Å². The predicted molar refractivity (Wildman–Crippen MR) is 85.5 cm³/mol. The van der Waals surface area contributed by atoms with Gasteiger partial charge in [-0.05, 0) is 36.4 Å². The van der Waals surface area contributed by atoms with Crippen molar-refractivity contribution in [2.45, 2.75) is 25.4 Å². The van der Waals surface area contributed by atoms with Crippen LogP contribution >= 0.6 is 11.3 Å². The van der Waals surface area contributed by atoms with Crippen LogP contribution in [0.5, 0.6) is 0 Å². The van der Waals surface area contributed by atoms with E-state index in [9.17, 15) is 4.79 Å². The lowest BCUT2D eigenvalue weighted by atomic mass is 10.1. The van der Waals surface area contributed by atoms with Crippen molar-refractivity contribution in [3.05, 3.63) is 58.4 Å². The van der Waals surface area contributed by atoms with Crippen LogP contribution in [0.15, 0.2) is 48.0 Å². The summed E-state index contributed by atoms with van der Waals surface area (Å²) in [5.74, 6) is 0.138. The molecule has 21 heavy (non-hydrogen) atoms. The van der Waals surface area contributed by atoms with Crippen LogP contribution in [0, 0.1) is 0 Å². The molecule has 0 atom stereocenters. The molecule has 1 amide bonds. The number of rotatable bonds is 4. The Kier molecular flexibility index (Phi) is 3.04. The molecular formula is C17H16N2OS. The molecule has 0 unspecified atom stereocenters. The first kappa shape index (κ1) is 12.7. The summed E-state index contributed by atoms with van der Waals surface area (Å²) >= 11 is 1.71. The summed E-state index contributed by atoms with van der Waals surface area (Å²) < 4.78 is 0. The summed E-state index contributed by atoms with van der Waals surface area (Å²) in [5, 5.41) is 3.16. The van der Waals surface area contributed by atoms with Gasteiger partial charge >= 0.3 is 0 Å². The third-order valence-electron chi connectivity index (χ3n) is 3.97. The van der Waals surface area contributed by atoms with E-state index in [1.807, 2.05) is 41.4 Å². The highest BCUT2D eigenvalue weighted by atomic mass is 32.1. The average Bonchev–Trinajstić information content (AvgIpc) is 3.02. The highest BCUT2D eigenvalue weighted by Gasteiger charge is 2.33. The number of H-pyrrole nitrogens is 1. The number of aromatic nitrogens is 1. The number of benzene rings is 1. The number of carbonyl (C=O) groups excluding carboxylic acids is 1. The Morgan fingerprint density at radius 2 is 2.14 bits per heavy atom. The fraction of sp³-hybridized carbons (Fsp3) is 0.235. The number of nitrogens with one attached hydrogen (secondary N) is 1. The molecule has 1 N–H and O–H groups in total. The fourth-order valence-electron chi connectivity index (χ4n) is 2.74. The molecule has 106 valence electrons. The van der Waals surface area contributed by atoms with Gasteiger partial charge in [0.15, 0.2) is 0 Å². The molecule has 0 saturated heterocycles. The van der Waals surface area contributed by atoms with Crippen LogP contribution in [0.4, 0.5) is 0 Å². The fourth-order valence-corrected chi connectivity index (χ4v) is 3.44. The van der Waals surface area contributed by atoms with E-state index in [0.29, 0.717) is 6.04 Å². The summed E-state index contributed by atoms with van der Waals surface area (Å²) in [4.78, 5) is 19.4. The SMILES string of the molecule is O=C(c1cccc2cc[nH]c12)N(Cc1cccs1)C1CC1. The van der Waals surface area contributed by atoms with E-state index in [0.717, 1.165) is 35.9 Å². The first-order chi connectivity index (χ1) is 10.3. The van der Waals surface area contributed by atoms with Gasteiger partial charge in [-0.2, -0.15) is 0 Å². The second-order valence-corrected chi connectivity index (χ2v) is 6.52. The first-order valence-corrected chi connectivity index (χ1v) is 8.10. The summed E-state index contributed by atoms with van der Waals surface area (Å²) in [6.45, 7) is 0.720.